The molecule has 0 fully saturated rings. The molecular weight excluding hydrogens is 323 g/mol. The average molecular weight is 335 g/mol. The average Bonchev–Trinajstić information content (AvgIpc) is 2.39. The molecule has 2 N–H and O–H groups in total. The number of rotatable bonds is 2. The predicted octanol–water partition coefficient (Wildman–Crippen LogP) is 4.45. The van der Waals surface area contributed by atoms with Crippen LogP contribution < -0.4 is 10.5 Å². The lowest BCUT2D eigenvalue weighted by molar-refractivity contribution is 0.471. The number of nitrogens with zero attached hydrogens (tertiary/aromatic N) is 1. The fraction of sp³-hybridized carbons (Fsp3) is 0.133. The fourth-order valence-corrected chi connectivity index (χ4v) is 2.28. The maximum atomic E-state index is 13.6. The van der Waals surface area contributed by atoms with E-state index in [0.717, 1.165) is 11.1 Å². The van der Waals surface area contributed by atoms with Gasteiger partial charge in [0.15, 0.2) is 5.75 Å². The van der Waals surface area contributed by atoms with Gasteiger partial charge < -0.3 is 10.5 Å². The van der Waals surface area contributed by atoms with E-state index >= 15 is 0 Å². The molecule has 0 heterocycles. The Morgan fingerprint density at radius 2 is 1.80 bits per heavy atom. The monoisotopic (exact) mass is 334 g/mol. The van der Waals surface area contributed by atoms with E-state index < -0.39 is 5.82 Å². The lowest BCUT2D eigenvalue weighted by Crippen LogP contribution is -1.97. The van der Waals surface area contributed by atoms with Crippen molar-refractivity contribution >= 4 is 21.6 Å². The number of ether oxygens (including phenoxy) is 1. The van der Waals surface area contributed by atoms with E-state index in [0.29, 0.717) is 17.0 Å². The largest absolute Gasteiger partial charge is 0.455 e. The predicted molar refractivity (Wildman–Crippen MR) is 79.2 cm³/mol. The highest BCUT2D eigenvalue weighted by Gasteiger charge is 2.12. The van der Waals surface area contributed by atoms with Crippen LogP contribution in [0.4, 0.5) is 10.1 Å². The Labute approximate surface area is 124 Å². The first-order chi connectivity index (χ1) is 9.42. The molecule has 2 aromatic carbocycles. The first kappa shape index (κ1) is 14.4. The van der Waals surface area contributed by atoms with Crippen molar-refractivity contribution in [3.8, 4) is 17.6 Å². The minimum Gasteiger partial charge on any atom is -0.455 e. The summed E-state index contributed by atoms with van der Waals surface area (Å²) in [5, 5.41) is 8.91. The third-order valence-electron chi connectivity index (χ3n) is 2.85. The summed E-state index contributed by atoms with van der Waals surface area (Å²) < 4.78 is 19.6. The van der Waals surface area contributed by atoms with Crippen LogP contribution in [0.3, 0.4) is 0 Å². The van der Waals surface area contributed by atoms with Crippen molar-refractivity contribution in [3.05, 3.63) is 51.2 Å². The number of hydrogen-bond acceptors (Lipinski definition) is 3. The maximum Gasteiger partial charge on any atom is 0.153 e. The minimum atomic E-state index is -0.446. The van der Waals surface area contributed by atoms with Crippen molar-refractivity contribution in [2.45, 2.75) is 13.8 Å². The van der Waals surface area contributed by atoms with Crippen molar-refractivity contribution < 1.29 is 9.13 Å². The van der Waals surface area contributed by atoms with Crippen LogP contribution in [0.5, 0.6) is 11.5 Å². The van der Waals surface area contributed by atoms with Gasteiger partial charge >= 0.3 is 0 Å². The fourth-order valence-electron chi connectivity index (χ4n) is 1.92. The van der Waals surface area contributed by atoms with Gasteiger partial charge in [-0.25, -0.2) is 4.39 Å². The number of halogens is 2. The van der Waals surface area contributed by atoms with Gasteiger partial charge in [-0.05, 0) is 59.1 Å². The summed E-state index contributed by atoms with van der Waals surface area (Å²) in [6.07, 6.45) is 0. The van der Waals surface area contributed by atoms with Crippen LogP contribution in [0, 0.1) is 31.0 Å². The van der Waals surface area contributed by atoms with Gasteiger partial charge in [-0.3, -0.25) is 0 Å². The zero-order valence-corrected chi connectivity index (χ0v) is 12.6. The molecule has 0 spiro atoms. The summed E-state index contributed by atoms with van der Waals surface area (Å²) in [4.78, 5) is 0. The first-order valence-corrected chi connectivity index (χ1v) is 6.65. The normalized spacial score (nSPS) is 10.2. The molecule has 0 radical (unpaired) electrons. The van der Waals surface area contributed by atoms with Gasteiger partial charge in [-0.15, -0.1) is 0 Å². The first-order valence-electron chi connectivity index (χ1n) is 5.86. The van der Waals surface area contributed by atoms with Crippen LogP contribution in [-0.2, 0) is 0 Å². The van der Waals surface area contributed by atoms with Crippen LogP contribution in [-0.4, -0.2) is 0 Å². The Hall–Kier alpha value is -2.06. The summed E-state index contributed by atoms with van der Waals surface area (Å²) in [5.74, 6) is 0.386. The van der Waals surface area contributed by atoms with Crippen LogP contribution in [0.15, 0.2) is 28.7 Å². The molecule has 0 saturated heterocycles. The second-order valence-corrected chi connectivity index (χ2v) is 5.31. The highest BCUT2D eigenvalue weighted by molar-refractivity contribution is 9.10. The van der Waals surface area contributed by atoms with Gasteiger partial charge in [-0.2, -0.15) is 5.26 Å². The number of aryl methyl sites for hydroxylation is 2. The summed E-state index contributed by atoms with van der Waals surface area (Å²) in [5.41, 5.74) is 8.30. The molecule has 0 atom stereocenters. The maximum absolute atomic E-state index is 13.6. The molecule has 5 heteroatoms. The zero-order valence-electron chi connectivity index (χ0n) is 11.0. The molecule has 0 aliphatic rings. The molecule has 0 aliphatic carbocycles. The van der Waals surface area contributed by atoms with E-state index in [-0.39, 0.29) is 10.2 Å². The molecule has 0 saturated carbocycles. The quantitative estimate of drug-likeness (QED) is 0.825. The van der Waals surface area contributed by atoms with Gasteiger partial charge in [0.2, 0.25) is 0 Å². The molecule has 0 aliphatic heterocycles. The third-order valence-corrected chi connectivity index (χ3v) is 3.46. The molecule has 2 rings (SSSR count). The number of hydrogen-bond donors (Lipinski definition) is 1. The highest BCUT2D eigenvalue weighted by Crippen LogP contribution is 2.35. The van der Waals surface area contributed by atoms with E-state index in [4.69, 9.17) is 15.7 Å². The van der Waals surface area contributed by atoms with Crippen LogP contribution in [0.25, 0.3) is 0 Å². The minimum absolute atomic E-state index is 0.251. The molecule has 0 unspecified atom stereocenters. The molecule has 0 amide bonds. The smallest absolute Gasteiger partial charge is 0.153 e. The molecule has 102 valence electrons. The number of benzene rings is 2. The molecular formula is C15H12BrFN2O. The summed E-state index contributed by atoms with van der Waals surface area (Å²) >= 11 is 3.07. The lowest BCUT2D eigenvalue weighted by Gasteiger charge is -2.14. The number of nitrogen functional groups attached to an aromatic ring is 1. The Morgan fingerprint density at radius 1 is 1.20 bits per heavy atom. The molecule has 0 bridgehead atoms. The second-order valence-electron chi connectivity index (χ2n) is 4.46. The highest BCUT2D eigenvalue weighted by atomic mass is 79.9. The summed E-state index contributed by atoms with van der Waals surface area (Å²) in [6.45, 7) is 3.66. The Morgan fingerprint density at radius 3 is 2.35 bits per heavy atom. The lowest BCUT2D eigenvalue weighted by atomic mass is 10.1. The van der Waals surface area contributed by atoms with Gasteiger partial charge in [0, 0.05) is 6.07 Å². The van der Waals surface area contributed by atoms with Crippen molar-refractivity contribution in [1.29, 1.82) is 5.26 Å². The van der Waals surface area contributed by atoms with Crippen molar-refractivity contribution in [2.24, 2.45) is 0 Å². The van der Waals surface area contributed by atoms with Crippen LogP contribution in [0.2, 0.25) is 0 Å². The van der Waals surface area contributed by atoms with E-state index in [1.807, 2.05) is 13.8 Å². The number of nitrogens with two attached hydrogens (primary N) is 1. The van der Waals surface area contributed by atoms with Gasteiger partial charge in [-0.1, -0.05) is 0 Å². The Balaban J connectivity index is 2.46. The van der Waals surface area contributed by atoms with E-state index in [1.54, 1.807) is 12.1 Å². The molecule has 2 aromatic rings. The molecule has 0 aromatic heterocycles. The number of nitriles is 1. The van der Waals surface area contributed by atoms with Crippen LogP contribution in [0.1, 0.15) is 16.7 Å². The van der Waals surface area contributed by atoms with Gasteiger partial charge in [0.1, 0.15) is 11.6 Å². The van der Waals surface area contributed by atoms with E-state index in [2.05, 4.69) is 22.0 Å². The summed E-state index contributed by atoms with van der Waals surface area (Å²) in [7, 11) is 0. The second kappa shape index (κ2) is 5.51. The standard InChI is InChI=1S/C15H12BrFN2O/c1-8-3-10(7-18)4-9(2)15(8)20-14-6-12(17)11(16)5-13(14)19/h3-6H,19H2,1-2H3. The zero-order chi connectivity index (χ0) is 14.9. The van der Waals surface area contributed by atoms with Crippen molar-refractivity contribution in [3.63, 3.8) is 0 Å². The van der Waals surface area contributed by atoms with E-state index in [1.165, 1.54) is 12.1 Å². The Bertz CT molecular complexity index is 700. The molecule has 3 nitrogen and oxygen atoms in total. The number of anilines is 1. The topological polar surface area (TPSA) is 59.0 Å². The van der Waals surface area contributed by atoms with Crippen molar-refractivity contribution in [1.82, 2.24) is 0 Å². The van der Waals surface area contributed by atoms with Gasteiger partial charge in [0.05, 0.1) is 21.8 Å². The molecule has 20 heavy (non-hydrogen) atoms. The van der Waals surface area contributed by atoms with Crippen molar-refractivity contribution in [2.75, 3.05) is 5.73 Å². The van der Waals surface area contributed by atoms with Gasteiger partial charge in [0.25, 0.3) is 0 Å². The van der Waals surface area contributed by atoms with E-state index in [9.17, 15) is 4.39 Å². The third kappa shape index (κ3) is 2.75. The summed E-state index contributed by atoms with van der Waals surface area (Å²) in [6, 6.07) is 8.20. The Kier molecular flexibility index (Phi) is 3.96. The van der Waals surface area contributed by atoms with Crippen LogP contribution >= 0.6 is 15.9 Å². The SMILES string of the molecule is Cc1cc(C#N)cc(C)c1Oc1cc(F)c(Br)cc1N.